The van der Waals surface area contributed by atoms with Gasteiger partial charge in [0.15, 0.2) is 0 Å². The summed E-state index contributed by atoms with van der Waals surface area (Å²) in [6.45, 7) is 0.695. The molecule has 108 valence electrons. The van der Waals surface area contributed by atoms with Gasteiger partial charge in [-0.2, -0.15) is 0 Å². The topological polar surface area (TPSA) is 46.3 Å². The Kier molecular flexibility index (Phi) is 3.87. The maximum atomic E-state index is 12.6. The molecule has 4 heteroatoms. The largest absolute Gasteiger partial charge is 0.335 e. The highest BCUT2D eigenvalue weighted by molar-refractivity contribution is 9.10. The fourth-order valence-electron chi connectivity index (χ4n) is 2.83. The average Bonchev–Trinajstić information content (AvgIpc) is 3.20. The maximum absolute atomic E-state index is 12.6. The van der Waals surface area contributed by atoms with Crippen molar-refractivity contribution in [1.29, 1.82) is 0 Å². The first-order valence-electron chi connectivity index (χ1n) is 7.39. The molecule has 0 saturated heterocycles. The van der Waals surface area contributed by atoms with Crippen molar-refractivity contribution < 1.29 is 4.79 Å². The first-order valence-corrected chi connectivity index (χ1v) is 8.18. The van der Waals surface area contributed by atoms with Gasteiger partial charge in [-0.15, -0.1) is 0 Å². The van der Waals surface area contributed by atoms with E-state index >= 15 is 0 Å². The van der Waals surface area contributed by atoms with Crippen LogP contribution in [0.5, 0.6) is 0 Å². The number of carbonyl (C=O) groups is 1. The van der Waals surface area contributed by atoms with E-state index in [9.17, 15) is 4.79 Å². The minimum absolute atomic E-state index is 0.224. The van der Waals surface area contributed by atoms with Gasteiger partial charge in [0, 0.05) is 29.0 Å². The summed E-state index contributed by atoms with van der Waals surface area (Å²) in [4.78, 5) is 14.6. The van der Waals surface area contributed by atoms with Crippen molar-refractivity contribution in [2.45, 2.75) is 56.7 Å². The van der Waals surface area contributed by atoms with Crippen molar-refractivity contribution >= 4 is 21.8 Å². The minimum Gasteiger partial charge on any atom is -0.335 e. The number of nitrogens with two attached hydrogens (primary N) is 1. The molecule has 0 bridgehead atoms. The van der Waals surface area contributed by atoms with Gasteiger partial charge in [-0.1, -0.05) is 34.1 Å². The molecule has 0 spiro atoms. The van der Waals surface area contributed by atoms with Crippen LogP contribution in [-0.2, 0) is 11.3 Å². The monoisotopic (exact) mass is 336 g/mol. The number of hydrogen-bond acceptors (Lipinski definition) is 2. The van der Waals surface area contributed by atoms with Gasteiger partial charge in [0.1, 0.15) is 0 Å². The number of rotatable bonds is 5. The van der Waals surface area contributed by atoms with Crippen LogP contribution in [0.1, 0.15) is 44.1 Å². The minimum atomic E-state index is -0.224. The van der Waals surface area contributed by atoms with Crippen LogP contribution in [0.25, 0.3) is 0 Å². The standard InChI is InChI=1S/C16H21BrN2O/c17-14-5-2-1-4-12(14)11-19(13-6-7-13)15(20)10-16(18)8-3-9-16/h1-2,4-5,13H,3,6-11,18H2. The zero-order valence-electron chi connectivity index (χ0n) is 11.6. The second kappa shape index (κ2) is 5.49. The van der Waals surface area contributed by atoms with Crippen LogP contribution in [0.15, 0.2) is 28.7 Å². The molecule has 2 aliphatic rings. The van der Waals surface area contributed by atoms with Gasteiger partial charge in [-0.3, -0.25) is 4.79 Å². The van der Waals surface area contributed by atoms with Crippen molar-refractivity contribution in [3.8, 4) is 0 Å². The SMILES string of the molecule is NC1(CC(=O)N(Cc2ccccc2Br)C2CC2)CCC1. The summed E-state index contributed by atoms with van der Waals surface area (Å²) in [5, 5.41) is 0. The number of halogens is 1. The van der Waals surface area contributed by atoms with Crippen molar-refractivity contribution in [3.63, 3.8) is 0 Å². The van der Waals surface area contributed by atoms with Crippen LogP contribution in [0.2, 0.25) is 0 Å². The Hall–Kier alpha value is -0.870. The number of benzene rings is 1. The zero-order chi connectivity index (χ0) is 14.2. The fraction of sp³-hybridized carbons (Fsp3) is 0.562. The summed E-state index contributed by atoms with van der Waals surface area (Å²) in [6.07, 6.45) is 5.92. The Morgan fingerprint density at radius 1 is 1.35 bits per heavy atom. The number of hydrogen-bond donors (Lipinski definition) is 1. The fourth-order valence-corrected chi connectivity index (χ4v) is 3.24. The van der Waals surface area contributed by atoms with Crippen molar-refractivity contribution in [2.24, 2.45) is 5.73 Å². The third kappa shape index (κ3) is 3.07. The van der Waals surface area contributed by atoms with Crippen LogP contribution in [0.4, 0.5) is 0 Å². The molecular weight excluding hydrogens is 316 g/mol. The smallest absolute Gasteiger partial charge is 0.224 e. The number of carbonyl (C=O) groups excluding carboxylic acids is 1. The van der Waals surface area contributed by atoms with Gasteiger partial charge < -0.3 is 10.6 Å². The zero-order valence-corrected chi connectivity index (χ0v) is 13.2. The quantitative estimate of drug-likeness (QED) is 0.897. The van der Waals surface area contributed by atoms with Gasteiger partial charge in [-0.05, 0) is 43.7 Å². The Bertz CT molecular complexity index is 509. The normalized spacial score (nSPS) is 20.3. The van der Waals surface area contributed by atoms with Crippen molar-refractivity contribution in [2.75, 3.05) is 0 Å². The molecule has 2 fully saturated rings. The molecule has 0 aliphatic heterocycles. The molecule has 1 aromatic carbocycles. The van der Waals surface area contributed by atoms with Crippen molar-refractivity contribution in [3.05, 3.63) is 34.3 Å². The first-order chi connectivity index (χ1) is 9.57. The molecular formula is C16H21BrN2O. The van der Waals surface area contributed by atoms with Crippen molar-refractivity contribution in [1.82, 2.24) is 4.90 Å². The third-order valence-electron chi connectivity index (χ3n) is 4.46. The summed E-state index contributed by atoms with van der Waals surface area (Å²) < 4.78 is 1.07. The highest BCUT2D eigenvalue weighted by Crippen LogP contribution is 2.35. The van der Waals surface area contributed by atoms with Crippen LogP contribution >= 0.6 is 15.9 Å². The van der Waals surface area contributed by atoms with E-state index in [1.54, 1.807) is 0 Å². The average molecular weight is 337 g/mol. The number of nitrogens with zero attached hydrogens (tertiary/aromatic N) is 1. The molecule has 0 heterocycles. The summed E-state index contributed by atoms with van der Waals surface area (Å²) in [5.74, 6) is 0.227. The summed E-state index contributed by atoms with van der Waals surface area (Å²) in [7, 11) is 0. The van der Waals surface area contributed by atoms with Crippen LogP contribution in [0.3, 0.4) is 0 Å². The maximum Gasteiger partial charge on any atom is 0.224 e. The molecule has 1 aromatic rings. The van der Waals surface area contributed by atoms with E-state index < -0.39 is 0 Å². The lowest BCUT2D eigenvalue weighted by Crippen LogP contribution is -2.50. The molecule has 0 atom stereocenters. The molecule has 1 amide bonds. The first kappa shape index (κ1) is 14.1. The molecule has 20 heavy (non-hydrogen) atoms. The third-order valence-corrected chi connectivity index (χ3v) is 5.23. The lowest BCUT2D eigenvalue weighted by Gasteiger charge is -2.39. The molecule has 0 radical (unpaired) electrons. The second-order valence-corrected chi connectivity index (χ2v) is 7.09. The number of amides is 1. The molecule has 3 nitrogen and oxygen atoms in total. The van der Waals surface area contributed by atoms with Gasteiger partial charge in [-0.25, -0.2) is 0 Å². The predicted molar refractivity (Wildman–Crippen MR) is 83.1 cm³/mol. The molecule has 2 N–H and O–H groups in total. The van der Waals surface area contributed by atoms with Crippen LogP contribution < -0.4 is 5.73 Å². The highest BCUT2D eigenvalue weighted by Gasteiger charge is 2.39. The van der Waals surface area contributed by atoms with E-state index in [1.165, 1.54) is 5.56 Å². The molecule has 0 aromatic heterocycles. The van der Waals surface area contributed by atoms with Crippen LogP contribution in [0, 0.1) is 0 Å². The molecule has 3 rings (SSSR count). The Balaban J connectivity index is 1.69. The molecule has 0 unspecified atom stereocenters. The Labute approximate surface area is 128 Å². The summed E-state index contributed by atoms with van der Waals surface area (Å²) in [6, 6.07) is 8.56. The van der Waals surface area contributed by atoms with E-state index in [0.717, 1.165) is 36.6 Å². The van der Waals surface area contributed by atoms with E-state index in [0.29, 0.717) is 19.0 Å². The molecule has 2 saturated carbocycles. The van der Waals surface area contributed by atoms with E-state index in [4.69, 9.17) is 5.73 Å². The summed E-state index contributed by atoms with van der Waals surface area (Å²) in [5.41, 5.74) is 7.18. The van der Waals surface area contributed by atoms with Gasteiger partial charge in [0.2, 0.25) is 5.91 Å². The summed E-state index contributed by atoms with van der Waals surface area (Å²) >= 11 is 3.57. The van der Waals surface area contributed by atoms with Gasteiger partial charge in [0.25, 0.3) is 0 Å². The molecule has 2 aliphatic carbocycles. The lowest BCUT2D eigenvalue weighted by atomic mass is 9.75. The van der Waals surface area contributed by atoms with Gasteiger partial charge >= 0.3 is 0 Å². The highest BCUT2D eigenvalue weighted by atomic mass is 79.9. The van der Waals surface area contributed by atoms with E-state index in [2.05, 4.69) is 22.0 Å². The van der Waals surface area contributed by atoms with Gasteiger partial charge in [0.05, 0.1) is 0 Å². The Morgan fingerprint density at radius 2 is 2.05 bits per heavy atom. The second-order valence-electron chi connectivity index (χ2n) is 6.24. The van der Waals surface area contributed by atoms with E-state index in [1.807, 2.05) is 23.1 Å². The Morgan fingerprint density at radius 3 is 2.60 bits per heavy atom. The van der Waals surface area contributed by atoms with E-state index in [-0.39, 0.29) is 11.4 Å². The lowest BCUT2D eigenvalue weighted by molar-refractivity contribution is -0.134. The predicted octanol–water partition coefficient (Wildman–Crippen LogP) is 3.21. The van der Waals surface area contributed by atoms with Crippen LogP contribution in [-0.4, -0.2) is 22.4 Å².